The lowest BCUT2D eigenvalue weighted by Gasteiger charge is -1.93. The average Bonchev–Trinajstić information content (AvgIpc) is 1.27. The van der Waals surface area contributed by atoms with E-state index in [0.29, 0.717) is 0 Å². The second kappa shape index (κ2) is 3.29. The molecule has 5 heteroatoms. The van der Waals surface area contributed by atoms with Crippen molar-refractivity contribution < 1.29 is 9.22 Å². The van der Waals surface area contributed by atoms with E-state index in [2.05, 4.69) is 4.43 Å². The van der Waals surface area contributed by atoms with E-state index in [9.17, 15) is 4.79 Å². The standard InChI is InChI=1S/C2H3Cl2O2Si/c1-2(5)6-7(3)4/h1H3. The molecule has 0 saturated carbocycles. The fraction of sp³-hybridized carbons (Fsp3) is 0.500. The molecule has 0 N–H and O–H groups in total. The van der Waals surface area contributed by atoms with Crippen LogP contribution in [0.1, 0.15) is 6.92 Å². The molecular formula is C2H3Cl2O2Si. The Labute approximate surface area is 52.5 Å². The zero-order chi connectivity index (χ0) is 5.86. The summed E-state index contributed by atoms with van der Waals surface area (Å²) in [7, 11) is -1.84. The van der Waals surface area contributed by atoms with Crippen molar-refractivity contribution in [1.29, 1.82) is 0 Å². The van der Waals surface area contributed by atoms with Gasteiger partial charge in [0.05, 0.1) is 0 Å². The van der Waals surface area contributed by atoms with Gasteiger partial charge in [0.2, 0.25) is 0 Å². The molecule has 0 fully saturated rings. The average molecular weight is 158 g/mol. The number of halogens is 2. The van der Waals surface area contributed by atoms with Crippen molar-refractivity contribution in [2.45, 2.75) is 6.92 Å². The second-order valence-corrected chi connectivity index (χ2v) is 4.12. The Bertz CT molecular complexity index is 74.1. The minimum absolute atomic E-state index is 0.432. The molecule has 0 atom stereocenters. The minimum Gasteiger partial charge on any atom is -0.490 e. The van der Waals surface area contributed by atoms with Crippen LogP contribution in [0.15, 0.2) is 0 Å². The molecule has 0 bridgehead atoms. The summed E-state index contributed by atoms with van der Waals surface area (Å²) in [6.45, 7) is 1.26. The van der Waals surface area contributed by atoms with E-state index in [1.807, 2.05) is 0 Å². The van der Waals surface area contributed by atoms with Gasteiger partial charge in [0.25, 0.3) is 5.97 Å². The van der Waals surface area contributed by atoms with Gasteiger partial charge in [0.15, 0.2) is 0 Å². The van der Waals surface area contributed by atoms with Gasteiger partial charge < -0.3 is 4.43 Å². The van der Waals surface area contributed by atoms with Gasteiger partial charge in [-0.3, -0.25) is 4.79 Å². The number of hydrogen-bond acceptors (Lipinski definition) is 2. The highest BCUT2D eigenvalue weighted by atomic mass is 35.7. The van der Waals surface area contributed by atoms with E-state index >= 15 is 0 Å². The third-order valence-electron chi connectivity index (χ3n) is 0.221. The molecule has 1 radical (unpaired) electrons. The maximum atomic E-state index is 9.89. The largest absolute Gasteiger partial charge is 0.513 e. The predicted molar refractivity (Wildman–Crippen MR) is 29.2 cm³/mol. The maximum absolute atomic E-state index is 9.89. The van der Waals surface area contributed by atoms with Crippen LogP contribution in [-0.2, 0) is 9.22 Å². The highest BCUT2D eigenvalue weighted by Crippen LogP contribution is 1.96. The van der Waals surface area contributed by atoms with Crippen molar-refractivity contribution in [3.63, 3.8) is 0 Å². The molecule has 0 rings (SSSR count). The van der Waals surface area contributed by atoms with Crippen LogP contribution in [0.4, 0.5) is 0 Å². The molecule has 0 aromatic heterocycles. The Morgan fingerprint density at radius 3 is 2.14 bits per heavy atom. The molecule has 0 heterocycles. The van der Waals surface area contributed by atoms with Gasteiger partial charge >= 0.3 is 7.66 Å². The van der Waals surface area contributed by atoms with Crippen molar-refractivity contribution in [2.75, 3.05) is 0 Å². The first-order valence-electron chi connectivity index (χ1n) is 1.49. The Kier molecular flexibility index (Phi) is 3.42. The van der Waals surface area contributed by atoms with Gasteiger partial charge in [0, 0.05) is 6.92 Å². The fourth-order valence-electron chi connectivity index (χ4n) is 0.109. The molecule has 0 unspecified atom stereocenters. The quantitative estimate of drug-likeness (QED) is 0.420. The molecule has 0 saturated heterocycles. The Morgan fingerprint density at radius 2 is 2.14 bits per heavy atom. The molecule has 0 aliphatic carbocycles. The SMILES string of the molecule is CC(=O)O[Si](Cl)Cl. The molecule has 0 spiro atoms. The van der Waals surface area contributed by atoms with Crippen LogP contribution < -0.4 is 0 Å². The summed E-state index contributed by atoms with van der Waals surface area (Å²) < 4.78 is 4.24. The highest BCUT2D eigenvalue weighted by molar-refractivity contribution is 7.31. The number of rotatable bonds is 1. The molecule has 41 valence electrons. The van der Waals surface area contributed by atoms with E-state index < -0.39 is 13.6 Å². The van der Waals surface area contributed by atoms with Gasteiger partial charge in [-0.05, 0) is 0 Å². The van der Waals surface area contributed by atoms with Crippen molar-refractivity contribution in [2.24, 2.45) is 0 Å². The summed E-state index contributed by atoms with van der Waals surface area (Å²) in [4.78, 5) is 9.89. The molecule has 0 aromatic rings. The van der Waals surface area contributed by atoms with Crippen LogP contribution in [0, 0.1) is 0 Å². The first kappa shape index (κ1) is 7.27. The Hall–Kier alpha value is 0.267. The zero-order valence-electron chi connectivity index (χ0n) is 3.57. The van der Waals surface area contributed by atoms with Crippen LogP contribution in [-0.4, -0.2) is 13.6 Å². The Morgan fingerprint density at radius 1 is 1.71 bits per heavy atom. The monoisotopic (exact) mass is 157 g/mol. The lowest BCUT2D eigenvalue weighted by molar-refractivity contribution is -0.131. The van der Waals surface area contributed by atoms with Gasteiger partial charge in [-0.25, -0.2) is 0 Å². The molecule has 0 aliphatic rings. The summed E-state index contributed by atoms with van der Waals surface area (Å²) in [6, 6.07) is 0. The molecular weight excluding hydrogens is 155 g/mol. The van der Waals surface area contributed by atoms with Crippen molar-refractivity contribution in [3.05, 3.63) is 0 Å². The second-order valence-electron chi connectivity index (χ2n) is 0.819. The highest BCUT2D eigenvalue weighted by Gasteiger charge is 2.06. The maximum Gasteiger partial charge on any atom is 0.513 e. The smallest absolute Gasteiger partial charge is 0.490 e. The fourth-order valence-corrected chi connectivity index (χ4v) is 0.978. The number of carbonyl (C=O) groups is 1. The summed E-state index contributed by atoms with van der Waals surface area (Å²) in [6.07, 6.45) is 0. The normalized spacial score (nSPS) is 9.14. The Balaban J connectivity index is 3.13. The van der Waals surface area contributed by atoms with E-state index in [-0.39, 0.29) is 0 Å². The van der Waals surface area contributed by atoms with Crippen LogP contribution in [0.5, 0.6) is 0 Å². The van der Waals surface area contributed by atoms with Gasteiger partial charge in [-0.2, -0.15) is 0 Å². The number of hydrogen-bond donors (Lipinski definition) is 0. The summed E-state index contributed by atoms with van der Waals surface area (Å²) in [5, 5.41) is 0. The van der Waals surface area contributed by atoms with Crippen LogP contribution in [0.25, 0.3) is 0 Å². The minimum atomic E-state index is -1.84. The van der Waals surface area contributed by atoms with E-state index in [4.69, 9.17) is 22.2 Å². The summed E-state index contributed by atoms with van der Waals surface area (Å²) in [5.41, 5.74) is 0. The molecule has 2 nitrogen and oxygen atoms in total. The van der Waals surface area contributed by atoms with Gasteiger partial charge in [-0.1, -0.05) is 22.2 Å². The van der Waals surface area contributed by atoms with Gasteiger partial charge in [0.1, 0.15) is 0 Å². The zero-order valence-corrected chi connectivity index (χ0v) is 6.08. The molecule has 7 heavy (non-hydrogen) atoms. The van der Waals surface area contributed by atoms with Crippen LogP contribution >= 0.6 is 22.2 Å². The van der Waals surface area contributed by atoms with E-state index in [1.54, 1.807) is 0 Å². The summed E-state index contributed by atoms with van der Waals surface area (Å²) in [5.74, 6) is -0.432. The van der Waals surface area contributed by atoms with Crippen LogP contribution in [0.3, 0.4) is 0 Å². The molecule has 0 aromatic carbocycles. The topological polar surface area (TPSA) is 26.3 Å². The predicted octanol–water partition coefficient (Wildman–Crippen LogP) is 1.01. The summed E-state index contributed by atoms with van der Waals surface area (Å²) >= 11 is 10.2. The third kappa shape index (κ3) is 6.27. The van der Waals surface area contributed by atoms with Crippen molar-refractivity contribution in [3.8, 4) is 0 Å². The van der Waals surface area contributed by atoms with Gasteiger partial charge in [-0.15, -0.1) is 0 Å². The first-order valence-corrected chi connectivity index (χ1v) is 4.92. The third-order valence-corrected chi connectivity index (χ3v) is 1.13. The molecule has 0 aliphatic heterocycles. The lowest BCUT2D eigenvalue weighted by atomic mass is 10.9. The molecule has 0 amide bonds. The number of carbonyl (C=O) groups excluding carboxylic acids is 1. The van der Waals surface area contributed by atoms with E-state index in [1.165, 1.54) is 6.92 Å². The van der Waals surface area contributed by atoms with Crippen LogP contribution in [0.2, 0.25) is 0 Å². The van der Waals surface area contributed by atoms with Crippen molar-refractivity contribution in [1.82, 2.24) is 0 Å². The van der Waals surface area contributed by atoms with Crippen molar-refractivity contribution >= 4 is 35.8 Å². The van der Waals surface area contributed by atoms with E-state index in [0.717, 1.165) is 0 Å². The first-order chi connectivity index (χ1) is 3.13. The lowest BCUT2D eigenvalue weighted by Crippen LogP contribution is -2.06.